The van der Waals surface area contributed by atoms with Crippen LogP contribution >= 0.6 is 0 Å². The van der Waals surface area contributed by atoms with Crippen LogP contribution in [0.4, 0.5) is 4.39 Å². The molecule has 2 aliphatic rings. The van der Waals surface area contributed by atoms with Crippen molar-refractivity contribution >= 4 is 5.91 Å². The monoisotopic (exact) mass is 510 g/mol. The molecule has 7 heteroatoms. The molecule has 1 aliphatic heterocycles. The fourth-order valence-electron chi connectivity index (χ4n) is 5.32. The van der Waals surface area contributed by atoms with Crippen molar-refractivity contribution in [3.8, 4) is 11.4 Å². The maximum absolute atomic E-state index is 13.5. The molecule has 4 aromatic rings. The Labute approximate surface area is 222 Å². The van der Waals surface area contributed by atoms with E-state index in [1.165, 1.54) is 12.1 Å². The normalized spacial score (nSPS) is 15.2. The van der Waals surface area contributed by atoms with E-state index in [-0.39, 0.29) is 17.8 Å². The third-order valence-electron chi connectivity index (χ3n) is 7.44. The van der Waals surface area contributed by atoms with E-state index >= 15 is 0 Å². The van der Waals surface area contributed by atoms with Gasteiger partial charge in [-0.25, -0.2) is 9.07 Å². The molecule has 0 bridgehead atoms. The number of rotatable bonds is 8. The largest absolute Gasteiger partial charge is 0.494 e. The zero-order chi connectivity index (χ0) is 26.1. The van der Waals surface area contributed by atoms with Crippen molar-refractivity contribution in [1.82, 2.24) is 19.6 Å². The van der Waals surface area contributed by atoms with Crippen LogP contribution in [0.2, 0.25) is 0 Å². The molecule has 1 fully saturated rings. The van der Waals surface area contributed by atoms with Gasteiger partial charge in [-0.2, -0.15) is 5.10 Å². The van der Waals surface area contributed by atoms with Crippen LogP contribution in [-0.2, 0) is 26.1 Å². The summed E-state index contributed by atoms with van der Waals surface area (Å²) in [5.41, 5.74) is 5.92. The fourth-order valence-corrected chi connectivity index (χ4v) is 5.32. The number of fused-ring (bicyclic) bond motifs is 1. The van der Waals surface area contributed by atoms with Crippen molar-refractivity contribution in [2.45, 2.75) is 44.9 Å². The highest BCUT2D eigenvalue weighted by Crippen LogP contribution is 2.34. The summed E-state index contributed by atoms with van der Waals surface area (Å²) in [4.78, 5) is 17.9. The number of methoxy groups -OCH3 is 1. The van der Waals surface area contributed by atoms with E-state index in [1.54, 1.807) is 7.11 Å². The molecule has 1 aromatic heterocycles. The number of benzene rings is 3. The van der Waals surface area contributed by atoms with Gasteiger partial charge in [-0.1, -0.05) is 42.5 Å². The average Bonchev–Trinajstić information content (AvgIpc) is 3.74. The fraction of sp³-hybridized carbons (Fsp3) is 0.290. The van der Waals surface area contributed by atoms with Gasteiger partial charge in [-0.15, -0.1) is 0 Å². The summed E-state index contributed by atoms with van der Waals surface area (Å²) < 4.78 is 21.1. The maximum atomic E-state index is 13.5. The van der Waals surface area contributed by atoms with Crippen molar-refractivity contribution in [2.24, 2.45) is 0 Å². The number of aromatic nitrogens is 2. The first-order chi connectivity index (χ1) is 18.6. The van der Waals surface area contributed by atoms with Crippen molar-refractivity contribution < 1.29 is 13.9 Å². The molecule has 3 aromatic carbocycles. The van der Waals surface area contributed by atoms with E-state index in [4.69, 9.17) is 9.84 Å². The first kappa shape index (κ1) is 24.4. The number of ether oxygens (including phenoxy) is 1. The lowest BCUT2D eigenvalue weighted by atomic mass is 10.0. The van der Waals surface area contributed by atoms with Gasteiger partial charge in [0.05, 0.1) is 25.0 Å². The zero-order valence-corrected chi connectivity index (χ0v) is 21.5. The van der Waals surface area contributed by atoms with Gasteiger partial charge < -0.3 is 9.64 Å². The van der Waals surface area contributed by atoms with Crippen molar-refractivity contribution in [3.63, 3.8) is 0 Å². The Bertz CT molecular complexity index is 1430. The third-order valence-corrected chi connectivity index (χ3v) is 7.44. The Kier molecular flexibility index (Phi) is 6.68. The smallest absolute Gasteiger partial charge is 0.254 e. The van der Waals surface area contributed by atoms with Crippen LogP contribution in [0.15, 0.2) is 78.9 Å². The molecule has 0 atom stereocenters. The molecule has 0 unspecified atom stereocenters. The van der Waals surface area contributed by atoms with Crippen LogP contribution in [0.3, 0.4) is 0 Å². The van der Waals surface area contributed by atoms with Crippen molar-refractivity contribution in [1.29, 1.82) is 0 Å². The number of halogens is 1. The average molecular weight is 511 g/mol. The molecule has 1 saturated carbocycles. The van der Waals surface area contributed by atoms with Crippen LogP contribution in [0.5, 0.6) is 5.75 Å². The highest BCUT2D eigenvalue weighted by Gasteiger charge is 2.35. The Balaban J connectivity index is 1.36. The molecule has 0 N–H and O–H groups in total. The summed E-state index contributed by atoms with van der Waals surface area (Å²) in [6.45, 7) is 2.77. The lowest BCUT2D eigenvalue weighted by Gasteiger charge is -2.29. The second-order valence-electron chi connectivity index (χ2n) is 10.1. The Morgan fingerprint density at radius 2 is 1.76 bits per heavy atom. The van der Waals surface area contributed by atoms with Gasteiger partial charge >= 0.3 is 0 Å². The van der Waals surface area contributed by atoms with Gasteiger partial charge in [0.1, 0.15) is 17.3 Å². The standard InChI is InChI=1S/C31H31FN4O2/c1-38-30-10-6-5-9-29(30)36-28-17-18-34(19-22-11-13-24(32)14-12-22)20-26(28)27(33-36)21-35(25-15-16-25)31(37)23-7-3-2-4-8-23/h2-14,25H,15-21H2,1H3. The quantitative estimate of drug-likeness (QED) is 0.319. The minimum absolute atomic E-state index is 0.0488. The minimum Gasteiger partial charge on any atom is -0.494 e. The van der Waals surface area contributed by atoms with Gasteiger partial charge in [0.25, 0.3) is 5.91 Å². The van der Waals surface area contributed by atoms with Gasteiger partial charge in [-0.05, 0) is 54.8 Å². The molecular weight excluding hydrogens is 479 g/mol. The summed E-state index contributed by atoms with van der Waals surface area (Å²) in [6, 6.07) is 24.4. The molecular formula is C31H31FN4O2. The Hall–Kier alpha value is -3.97. The molecule has 194 valence electrons. The Morgan fingerprint density at radius 1 is 1.03 bits per heavy atom. The van der Waals surface area contributed by atoms with Gasteiger partial charge in [-0.3, -0.25) is 9.69 Å². The number of carbonyl (C=O) groups is 1. The molecule has 6 rings (SSSR count). The van der Waals surface area contributed by atoms with Gasteiger partial charge in [0, 0.05) is 43.2 Å². The highest BCUT2D eigenvalue weighted by atomic mass is 19.1. The molecule has 0 radical (unpaired) electrons. The predicted octanol–water partition coefficient (Wildman–Crippen LogP) is 5.38. The number of para-hydroxylation sites is 2. The van der Waals surface area contributed by atoms with Crippen LogP contribution in [0.25, 0.3) is 5.69 Å². The topological polar surface area (TPSA) is 50.6 Å². The van der Waals surface area contributed by atoms with Crippen molar-refractivity contribution in [3.05, 3.63) is 113 Å². The number of hydrogen-bond donors (Lipinski definition) is 0. The molecule has 0 saturated heterocycles. The molecule has 38 heavy (non-hydrogen) atoms. The second kappa shape index (κ2) is 10.4. The SMILES string of the molecule is COc1ccccc1-n1nc(CN(C(=O)c2ccccc2)C2CC2)c2c1CCN(Cc1ccc(F)cc1)C2. The van der Waals surface area contributed by atoms with Crippen LogP contribution < -0.4 is 4.74 Å². The van der Waals surface area contributed by atoms with Gasteiger partial charge in [0.2, 0.25) is 0 Å². The van der Waals surface area contributed by atoms with Crippen LogP contribution in [-0.4, -0.2) is 45.2 Å². The zero-order valence-electron chi connectivity index (χ0n) is 21.5. The molecule has 6 nitrogen and oxygen atoms in total. The molecule has 1 amide bonds. The minimum atomic E-state index is -0.224. The van der Waals surface area contributed by atoms with Crippen LogP contribution in [0.1, 0.15) is 45.7 Å². The number of amides is 1. The summed E-state index contributed by atoms with van der Waals surface area (Å²) in [5, 5.41) is 5.12. The molecule has 2 heterocycles. The molecule has 1 aliphatic carbocycles. The lowest BCUT2D eigenvalue weighted by Crippen LogP contribution is -2.34. The maximum Gasteiger partial charge on any atom is 0.254 e. The highest BCUT2D eigenvalue weighted by molar-refractivity contribution is 5.94. The summed E-state index contributed by atoms with van der Waals surface area (Å²) in [7, 11) is 1.67. The van der Waals surface area contributed by atoms with Gasteiger partial charge in [0.15, 0.2) is 0 Å². The van der Waals surface area contributed by atoms with Crippen LogP contribution in [0, 0.1) is 5.82 Å². The third kappa shape index (κ3) is 4.94. The van der Waals surface area contributed by atoms with E-state index in [0.29, 0.717) is 12.1 Å². The number of nitrogens with zero attached hydrogens (tertiary/aromatic N) is 4. The predicted molar refractivity (Wildman–Crippen MR) is 144 cm³/mol. The first-order valence-electron chi connectivity index (χ1n) is 13.2. The first-order valence-corrected chi connectivity index (χ1v) is 13.2. The van der Waals surface area contributed by atoms with E-state index in [1.807, 2.05) is 76.3 Å². The van der Waals surface area contributed by atoms with E-state index in [2.05, 4.69) is 4.90 Å². The van der Waals surface area contributed by atoms with E-state index in [9.17, 15) is 9.18 Å². The Morgan fingerprint density at radius 3 is 2.50 bits per heavy atom. The lowest BCUT2D eigenvalue weighted by molar-refractivity contribution is 0.0726. The van der Waals surface area contributed by atoms with E-state index in [0.717, 1.165) is 72.8 Å². The second-order valence-corrected chi connectivity index (χ2v) is 10.1. The number of hydrogen-bond acceptors (Lipinski definition) is 4. The summed E-state index contributed by atoms with van der Waals surface area (Å²) in [5.74, 6) is 0.587. The molecule has 0 spiro atoms. The van der Waals surface area contributed by atoms with Crippen molar-refractivity contribution in [2.75, 3.05) is 13.7 Å². The van der Waals surface area contributed by atoms with E-state index < -0.39 is 0 Å². The summed E-state index contributed by atoms with van der Waals surface area (Å²) >= 11 is 0. The summed E-state index contributed by atoms with van der Waals surface area (Å²) in [6.07, 6.45) is 2.85. The number of carbonyl (C=O) groups excluding carboxylic acids is 1.